The Morgan fingerprint density at radius 2 is 1.62 bits per heavy atom. The maximum absolute atomic E-state index is 12.4. The molecule has 0 aliphatic rings. The summed E-state index contributed by atoms with van der Waals surface area (Å²) in [7, 11) is 0. The van der Waals surface area contributed by atoms with Crippen molar-refractivity contribution in [2.24, 2.45) is 0 Å². The second-order valence-electron chi connectivity index (χ2n) is 6.12. The van der Waals surface area contributed by atoms with Crippen molar-refractivity contribution in [2.45, 2.75) is 40.2 Å². The SMILES string of the molecule is CCC(C)NC(=O)c1cccc(C(=O)Nc2ccc(C)c(C)c2)c1. The van der Waals surface area contributed by atoms with Gasteiger partial charge in [-0.15, -0.1) is 0 Å². The van der Waals surface area contributed by atoms with Crippen LogP contribution in [0.5, 0.6) is 0 Å². The van der Waals surface area contributed by atoms with Gasteiger partial charge >= 0.3 is 0 Å². The van der Waals surface area contributed by atoms with E-state index in [-0.39, 0.29) is 17.9 Å². The Bertz CT molecular complexity index is 753. The number of amides is 2. The molecule has 0 spiro atoms. The molecule has 0 saturated heterocycles. The lowest BCUT2D eigenvalue weighted by atomic mass is 10.1. The van der Waals surface area contributed by atoms with Gasteiger partial charge in [-0.3, -0.25) is 9.59 Å². The fourth-order valence-corrected chi connectivity index (χ4v) is 2.23. The van der Waals surface area contributed by atoms with Crippen LogP contribution < -0.4 is 10.6 Å². The normalized spacial score (nSPS) is 11.7. The predicted octanol–water partition coefficient (Wildman–Crippen LogP) is 4.08. The van der Waals surface area contributed by atoms with E-state index >= 15 is 0 Å². The van der Waals surface area contributed by atoms with Crippen LogP contribution in [0.25, 0.3) is 0 Å². The summed E-state index contributed by atoms with van der Waals surface area (Å²) in [6.45, 7) is 8.00. The molecule has 0 aromatic heterocycles. The first-order valence-electron chi connectivity index (χ1n) is 8.20. The molecule has 1 unspecified atom stereocenters. The van der Waals surface area contributed by atoms with E-state index < -0.39 is 0 Å². The van der Waals surface area contributed by atoms with Crippen molar-refractivity contribution in [2.75, 3.05) is 5.32 Å². The first-order chi connectivity index (χ1) is 11.4. The number of anilines is 1. The Morgan fingerprint density at radius 3 is 2.25 bits per heavy atom. The van der Waals surface area contributed by atoms with Gasteiger partial charge in [0.05, 0.1) is 0 Å². The molecular formula is C20H24N2O2. The average Bonchev–Trinajstić information content (AvgIpc) is 2.58. The fraction of sp³-hybridized carbons (Fsp3) is 0.300. The number of carbonyl (C=O) groups excluding carboxylic acids is 2. The van der Waals surface area contributed by atoms with Crippen LogP contribution in [0.4, 0.5) is 5.69 Å². The second-order valence-corrected chi connectivity index (χ2v) is 6.12. The highest BCUT2D eigenvalue weighted by molar-refractivity contribution is 6.06. The van der Waals surface area contributed by atoms with Gasteiger partial charge in [-0.05, 0) is 68.7 Å². The van der Waals surface area contributed by atoms with Crippen molar-refractivity contribution in [1.29, 1.82) is 0 Å². The summed E-state index contributed by atoms with van der Waals surface area (Å²) in [6.07, 6.45) is 0.860. The Kier molecular flexibility index (Phi) is 5.74. The van der Waals surface area contributed by atoms with Crippen molar-refractivity contribution in [3.8, 4) is 0 Å². The zero-order chi connectivity index (χ0) is 17.7. The first-order valence-corrected chi connectivity index (χ1v) is 8.20. The monoisotopic (exact) mass is 324 g/mol. The van der Waals surface area contributed by atoms with Crippen molar-refractivity contribution in [3.05, 3.63) is 64.7 Å². The molecule has 24 heavy (non-hydrogen) atoms. The molecule has 1 atom stereocenters. The Labute approximate surface area is 143 Å². The molecule has 2 aromatic carbocycles. The molecule has 4 nitrogen and oxygen atoms in total. The topological polar surface area (TPSA) is 58.2 Å². The minimum Gasteiger partial charge on any atom is -0.350 e. The molecule has 0 aliphatic carbocycles. The minimum atomic E-state index is -0.226. The first kappa shape index (κ1) is 17.7. The molecule has 2 aromatic rings. The highest BCUT2D eigenvalue weighted by Gasteiger charge is 2.12. The molecule has 2 N–H and O–H groups in total. The number of benzene rings is 2. The van der Waals surface area contributed by atoms with Crippen LogP contribution in [-0.4, -0.2) is 17.9 Å². The molecule has 2 rings (SSSR count). The summed E-state index contributed by atoms with van der Waals surface area (Å²) in [5, 5.41) is 5.78. The zero-order valence-corrected chi connectivity index (χ0v) is 14.6. The van der Waals surface area contributed by atoms with Crippen LogP contribution in [0.2, 0.25) is 0 Å². The van der Waals surface area contributed by atoms with Crippen LogP contribution in [0, 0.1) is 13.8 Å². The van der Waals surface area contributed by atoms with E-state index in [1.54, 1.807) is 24.3 Å². The molecule has 0 aliphatic heterocycles. The van der Waals surface area contributed by atoms with Gasteiger partial charge in [0.2, 0.25) is 0 Å². The maximum Gasteiger partial charge on any atom is 0.255 e. The predicted molar refractivity (Wildman–Crippen MR) is 97.5 cm³/mol. The maximum atomic E-state index is 12.4. The summed E-state index contributed by atoms with van der Waals surface area (Å²) < 4.78 is 0. The fourth-order valence-electron chi connectivity index (χ4n) is 2.23. The van der Waals surface area contributed by atoms with Crippen molar-refractivity contribution in [1.82, 2.24) is 5.32 Å². The van der Waals surface area contributed by atoms with Crippen molar-refractivity contribution in [3.63, 3.8) is 0 Å². The van der Waals surface area contributed by atoms with E-state index in [4.69, 9.17) is 0 Å². The van der Waals surface area contributed by atoms with Crippen LogP contribution in [-0.2, 0) is 0 Å². The summed E-state index contributed by atoms with van der Waals surface area (Å²) in [4.78, 5) is 24.6. The molecular weight excluding hydrogens is 300 g/mol. The van der Waals surface area contributed by atoms with Gasteiger partial charge in [-0.2, -0.15) is 0 Å². The smallest absolute Gasteiger partial charge is 0.255 e. The van der Waals surface area contributed by atoms with E-state index in [0.717, 1.165) is 17.7 Å². The molecule has 0 bridgehead atoms. The van der Waals surface area contributed by atoms with Crippen LogP contribution in [0.15, 0.2) is 42.5 Å². The minimum absolute atomic E-state index is 0.102. The summed E-state index contributed by atoms with van der Waals surface area (Å²) in [6, 6.07) is 12.6. The van der Waals surface area contributed by atoms with Crippen LogP contribution in [0.3, 0.4) is 0 Å². The molecule has 2 amide bonds. The number of hydrogen-bond donors (Lipinski definition) is 2. The molecule has 0 radical (unpaired) electrons. The van der Waals surface area contributed by atoms with Gasteiger partial charge < -0.3 is 10.6 Å². The highest BCUT2D eigenvalue weighted by Crippen LogP contribution is 2.16. The zero-order valence-electron chi connectivity index (χ0n) is 14.6. The molecule has 0 fully saturated rings. The summed E-state index contributed by atoms with van der Waals surface area (Å²) in [5.74, 6) is -0.387. The molecule has 126 valence electrons. The summed E-state index contributed by atoms with van der Waals surface area (Å²) >= 11 is 0. The van der Waals surface area contributed by atoms with Crippen LogP contribution >= 0.6 is 0 Å². The highest BCUT2D eigenvalue weighted by atomic mass is 16.2. The number of carbonyl (C=O) groups is 2. The second kappa shape index (κ2) is 7.77. The third kappa shape index (κ3) is 4.44. The Hall–Kier alpha value is -2.62. The standard InChI is InChI=1S/C20H24N2O2/c1-5-15(4)21-19(23)16-7-6-8-17(12-16)20(24)22-18-10-9-13(2)14(3)11-18/h6-12,15H,5H2,1-4H3,(H,21,23)(H,22,24). The lowest BCUT2D eigenvalue weighted by Gasteiger charge is -2.12. The van der Waals surface area contributed by atoms with E-state index in [1.807, 2.05) is 45.9 Å². The number of rotatable bonds is 5. The van der Waals surface area contributed by atoms with Gasteiger partial charge in [0.1, 0.15) is 0 Å². The molecule has 0 heterocycles. The summed E-state index contributed by atoms with van der Waals surface area (Å²) in [5.41, 5.74) is 4.00. The lowest BCUT2D eigenvalue weighted by molar-refractivity contribution is 0.0939. The van der Waals surface area contributed by atoms with Gasteiger partial charge in [0, 0.05) is 22.9 Å². The van der Waals surface area contributed by atoms with E-state index in [2.05, 4.69) is 10.6 Å². The van der Waals surface area contributed by atoms with E-state index in [9.17, 15) is 9.59 Å². The largest absolute Gasteiger partial charge is 0.350 e. The number of aryl methyl sites for hydroxylation is 2. The molecule has 4 heteroatoms. The third-order valence-electron chi connectivity index (χ3n) is 4.14. The Balaban J connectivity index is 2.13. The van der Waals surface area contributed by atoms with Crippen molar-refractivity contribution < 1.29 is 9.59 Å². The van der Waals surface area contributed by atoms with E-state index in [0.29, 0.717) is 11.1 Å². The lowest BCUT2D eigenvalue weighted by Crippen LogP contribution is -2.32. The number of nitrogens with one attached hydrogen (secondary N) is 2. The van der Waals surface area contributed by atoms with Gasteiger partial charge in [0.15, 0.2) is 0 Å². The van der Waals surface area contributed by atoms with Crippen molar-refractivity contribution >= 4 is 17.5 Å². The third-order valence-corrected chi connectivity index (χ3v) is 4.14. The van der Waals surface area contributed by atoms with Crippen LogP contribution in [0.1, 0.15) is 52.1 Å². The quantitative estimate of drug-likeness (QED) is 0.870. The van der Waals surface area contributed by atoms with Gasteiger partial charge in [0.25, 0.3) is 11.8 Å². The van der Waals surface area contributed by atoms with Gasteiger partial charge in [-0.25, -0.2) is 0 Å². The number of hydrogen-bond acceptors (Lipinski definition) is 2. The van der Waals surface area contributed by atoms with Gasteiger partial charge in [-0.1, -0.05) is 19.1 Å². The van der Waals surface area contributed by atoms with E-state index in [1.165, 1.54) is 5.56 Å². The Morgan fingerprint density at radius 1 is 0.958 bits per heavy atom. The average molecular weight is 324 g/mol. The molecule has 0 saturated carbocycles.